The highest BCUT2D eigenvalue weighted by molar-refractivity contribution is 5.93. The van der Waals surface area contributed by atoms with Gasteiger partial charge < -0.3 is 15.4 Å². The van der Waals surface area contributed by atoms with Crippen LogP contribution in [0.5, 0.6) is 0 Å². The molecule has 0 atom stereocenters. The van der Waals surface area contributed by atoms with E-state index in [0.29, 0.717) is 17.1 Å². The minimum atomic E-state index is -0.423. The summed E-state index contributed by atoms with van der Waals surface area (Å²) in [5.41, 5.74) is 1.34. The molecule has 120 valence electrons. The molecule has 1 amide bonds. The Kier molecular flexibility index (Phi) is 5.24. The van der Waals surface area contributed by atoms with Crippen molar-refractivity contribution in [3.05, 3.63) is 47.9 Å². The van der Waals surface area contributed by atoms with Crippen molar-refractivity contribution in [1.29, 1.82) is 0 Å². The summed E-state index contributed by atoms with van der Waals surface area (Å²) in [6.45, 7) is 3.74. The van der Waals surface area contributed by atoms with Gasteiger partial charge in [-0.1, -0.05) is 6.07 Å². The number of hydrogen-bond donors (Lipinski definition) is 2. The van der Waals surface area contributed by atoms with Gasteiger partial charge in [-0.05, 0) is 32.0 Å². The summed E-state index contributed by atoms with van der Waals surface area (Å²) in [6.07, 6.45) is 1.31. The monoisotopic (exact) mass is 314 g/mol. The molecule has 23 heavy (non-hydrogen) atoms. The maximum atomic E-state index is 12.0. The van der Waals surface area contributed by atoms with E-state index < -0.39 is 5.97 Å². The molecule has 1 aromatic carbocycles. The van der Waals surface area contributed by atoms with E-state index in [0.717, 1.165) is 0 Å². The van der Waals surface area contributed by atoms with E-state index in [4.69, 9.17) is 0 Å². The molecule has 2 N–H and O–H groups in total. The lowest BCUT2D eigenvalue weighted by Gasteiger charge is -2.10. The van der Waals surface area contributed by atoms with Crippen molar-refractivity contribution in [2.24, 2.45) is 0 Å². The molecule has 7 heteroatoms. The van der Waals surface area contributed by atoms with Crippen LogP contribution in [0.1, 0.15) is 34.7 Å². The third kappa shape index (κ3) is 4.50. The quantitative estimate of drug-likeness (QED) is 0.821. The Bertz CT molecular complexity index is 716. The second kappa shape index (κ2) is 7.35. The summed E-state index contributed by atoms with van der Waals surface area (Å²) in [4.78, 5) is 31.5. The highest BCUT2D eigenvalue weighted by Gasteiger charge is 2.10. The first-order chi connectivity index (χ1) is 11.0. The van der Waals surface area contributed by atoms with Crippen LogP contribution in [0, 0.1) is 0 Å². The number of carbonyl (C=O) groups excluding carboxylic acids is 2. The maximum absolute atomic E-state index is 12.0. The highest BCUT2D eigenvalue weighted by atomic mass is 16.5. The molecule has 2 rings (SSSR count). The Balaban J connectivity index is 2.17. The number of benzene rings is 1. The first-order valence-corrected chi connectivity index (χ1v) is 7.08. The fraction of sp³-hybridized carbons (Fsp3) is 0.250. The first kappa shape index (κ1) is 16.4. The summed E-state index contributed by atoms with van der Waals surface area (Å²) in [6, 6.07) is 8.36. The summed E-state index contributed by atoms with van der Waals surface area (Å²) in [5, 5.41) is 5.80. The van der Waals surface area contributed by atoms with Crippen molar-refractivity contribution in [2.45, 2.75) is 19.9 Å². The number of aromatic nitrogens is 2. The lowest BCUT2D eigenvalue weighted by atomic mass is 10.2. The third-order valence-corrected chi connectivity index (χ3v) is 2.88. The number of amides is 1. The summed E-state index contributed by atoms with van der Waals surface area (Å²) < 4.78 is 4.68. The minimum absolute atomic E-state index is 0.0191. The Morgan fingerprint density at radius 3 is 2.65 bits per heavy atom. The summed E-state index contributed by atoms with van der Waals surface area (Å²) in [5.74, 6) is -0.238. The molecule has 0 spiro atoms. The molecule has 0 aliphatic rings. The minimum Gasteiger partial charge on any atom is -0.465 e. The van der Waals surface area contributed by atoms with E-state index in [1.165, 1.54) is 13.4 Å². The molecule has 1 heterocycles. The number of ether oxygens (including phenoxy) is 1. The van der Waals surface area contributed by atoms with Gasteiger partial charge in [0, 0.05) is 17.8 Å². The van der Waals surface area contributed by atoms with E-state index in [2.05, 4.69) is 25.3 Å². The zero-order valence-electron chi connectivity index (χ0n) is 13.2. The maximum Gasteiger partial charge on any atom is 0.337 e. The van der Waals surface area contributed by atoms with Gasteiger partial charge >= 0.3 is 5.97 Å². The second-order valence-corrected chi connectivity index (χ2v) is 5.11. The Labute approximate surface area is 134 Å². The van der Waals surface area contributed by atoms with Crippen LogP contribution in [0.3, 0.4) is 0 Å². The predicted molar refractivity (Wildman–Crippen MR) is 85.7 cm³/mol. The van der Waals surface area contributed by atoms with E-state index in [1.807, 2.05) is 13.8 Å². The van der Waals surface area contributed by atoms with Crippen molar-refractivity contribution in [3.8, 4) is 0 Å². The van der Waals surface area contributed by atoms with Crippen LogP contribution in [0.2, 0.25) is 0 Å². The lowest BCUT2D eigenvalue weighted by Crippen LogP contribution is -2.30. The third-order valence-electron chi connectivity index (χ3n) is 2.88. The topological polar surface area (TPSA) is 93.2 Å². The van der Waals surface area contributed by atoms with Crippen molar-refractivity contribution >= 4 is 23.4 Å². The van der Waals surface area contributed by atoms with E-state index >= 15 is 0 Å². The molecule has 0 bridgehead atoms. The van der Waals surface area contributed by atoms with Crippen LogP contribution in [0.15, 0.2) is 36.7 Å². The van der Waals surface area contributed by atoms with Crippen LogP contribution in [0.4, 0.5) is 11.5 Å². The van der Waals surface area contributed by atoms with Gasteiger partial charge in [-0.2, -0.15) is 0 Å². The Morgan fingerprint density at radius 2 is 1.96 bits per heavy atom. The molecule has 0 fully saturated rings. The number of anilines is 2. The average Bonchev–Trinajstić information content (AvgIpc) is 2.54. The van der Waals surface area contributed by atoms with Crippen molar-refractivity contribution < 1.29 is 14.3 Å². The zero-order valence-corrected chi connectivity index (χ0v) is 13.2. The number of nitrogens with one attached hydrogen (secondary N) is 2. The first-order valence-electron chi connectivity index (χ1n) is 7.08. The van der Waals surface area contributed by atoms with Gasteiger partial charge in [0.15, 0.2) is 0 Å². The molecule has 0 unspecified atom stereocenters. The summed E-state index contributed by atoms with van der Waals surface area (Å²) >= 11 is 0. The average molecular weight is 314 g/mol. The molecule has 0 aliphatic heterocycles. The molecule has 7 nitrogen and oxygen atoms in total. The number of nitrogens with zero attached hydrogens (tertiary/aromatic N) is 2. The van der Waals surface area contributed by atoms with Gasteiger partial charge in [-0.3, -0.25) is 4.79 Å². The number of hydrogen-bond acceptors (Lipinski definition) is 6. The SMILES string of the molecule is COC(=O)c1cccc(Nc2cc(C(=O)NC(C)C)ncn2)c1. The molecule has 0 saturated carbocycles. The van der Waals surface area contributed by atoms with E-state index in [-0.39, 0.29) is 17.6 Å². The number of carbonyl (C=O) groups is 2. The van der Waals surface area contributed by atoms with Crippen LogP contribution in [0.25, 0.3) is 0 Å². The van der Waals surface area contributed by atoms with Gasteiger partial charge in [-0.25, -0.2) is 14.8 Å². The van der Waals surface area contributed by atoms with Crippen molar-refractivity contribution in [1.82, 2.24) is 15.3 Å². The fourth-order valence-corrected chi connectivity index (χ4v) is 1.88. The molecule has 0 saturated heterocycles. The Morgan fingerprint density at radius 1 is 1.17 bits per heavy atom. The van der Waals surface area contributed by atoms with Crippen LogP contribution < -0.4 is 10.6 Å². The normalized spacial score (nSPS) is 10.3. The van der Waals surface area contributed by atoms with Gasteiger partial charge in [-0.15, -0.1) is 0 Å². The largest absolute Gasteiger partial charge is 0.465 e. The predicted octanol–water partition coefficient (Wildman–Crippen LogP) is 2.14. The van der Waals surface area contributed by atoms with Crippen LogP contribution in [-0.2, 0) is 4.74 Å². The molecule has 0 aliphatic carbocycles. The smallest absolute Gasteiger partial charge is 0.337 e. The van der Waals surface area contributed by atoms with Crippen molar-refractivity contribution in [2.75, 3.05) is 12.4 Å². The lowest BCUT2D eigenvalue weighted by molar-refractivity contribution is 0.0600. The number of esters is 1. The van der Waals surface area contributed by atoms with Gasteiger partial charge in [0.25, 0.3) is 5.91 Å². The van der Waals surface area contributed by atoms with Crippen molar-refractivity contribution in [3.63, 3.8) is 0 Å². The fourth-order valence-electron chi connectivity index (χ4n) is 1.88. The van der Waals surface area contributed by atoms with E-state index in [1.54, 1.807) is 30.3 Å². The Hall–Kier alpha value is -2.96. The molecule has 0 radical (unpaired) electrons. The van der Waals surface area contributed by atoms with Gasteiger partial charge in [0.2, 0.25) is 0 Å². The molecule has 2 aromatic rings. The highest BCUT2D eigenvalue weighted by Crippen LogP contribution is 2.16. The number of methoxy groups -OCH3 is 1. The standard InChI is InChI=1S/C16H18N4O3/c1-10(2)19-15(21)13-8-14(18-9-17-13)20-12-6-4-5-11(7-12)16(22)23-3/h4-10H,1-3H3,(H,19,21)(H,17,18,20). The van der Waals surface area contributed by atoms with Crippen LogP contribution >= 0.6 is 0 Å². The van der Waals surface area contributed by atoms with E-state index in [9.17, 15) is 9.59 Å². The molecule has 1 aromatic heterocycles. The van der Waals surface area contributed by atoms with Gasteiger partial charge in [0.05, 0.1) is 12.7 Å². The molecular weight excluding hydrogens is 296 g/mol. The number of rotatable bonds is 5. The second-order valence-electron chi connectivity index (χ2n) is 5.11. The van der Waals surface area contributed by atoms with Crippen LogP contribution in [-0.4, -0.2) is 35.0 Å². The van der Waals surface area contributed by atoms with Gasteiger partial charge in [0.1, 0.15) is 17.8 Å². The zero-order chi connectivity index (χ0) is 16.8. The summed E-state index contributed by atoms with van der Waals surface area (Å²) in [7, 11) is 1.33. The molecular formula is C16H18N4O3.